The zero-order valence-electron chi connectivity index (χ0n) is 11.2. The smallest absolute Gasteiger partial charge is 0.234 e. The Bertz CT molecular complexity index is 805. The van der Waals surface area contributed by atoms with Gasteiger partial charge in [-0.3, -0.25) is 0 Å². The van der Waals surface area contributed by atoms with Crippen LogP contribution in [0.3, 0.4) is 0 Å². The summed E-state index contributed by atoms with van der Waals surface area (Å²) >= 11 is 1.36. The number of benzene rings is 1. The average Bonchev–Trinajstić information content (AvgIpc) is 3.16. The van der Waals surface area contributed by atoms with Crippen LogP contribution in [-0.2, 0) is 0 Å². The molecule has 1 saturated carbocycles. The fraction of sp³-hybridized carbons (Fsp3) is 0.357. The third-order valence-electron chi connectivity index (χ3n) is 3.98. The van der Waals surface area contributed by atoms with Crippen molar-refractivity contribution in [1.29, 1.82) is 0 Å². The summed E-state index contributed by atoms with van der Waals surface area (Å²) < 4.78 is 1.78. The van der Waals surface area contributed by atoms with E-state index in [2.05, 4.69) is 15.3 Å². The van der Waals surface area contributed by atoms with Gasteiger partial charge in [-0.2, -0.15) is 9.61 Å². The normalized spacial score (nSPS) is 16.0. The molecule has 0 unspecified atom stereocenters. The fourth-order valence-electron chi connectivity index (χ4n) is 2.88. The Labute approximate surface area is 124 Å². The topological polar surface area (TPSA) is 83.5 Å². The quantitative estimate of drug-likeness (QED) is 0.711. The highest BCUT2D eigenvalue weighted by atomic mass is 32.1. The van der Waals surface area contributed by atoms with Crippen LogP contribution >= 0.6 is 11.3 Å². The van der Waals surface area contributed by atoms with Crippen molar-refractivity contribution in [1.82, 2.24) is 19.8 Å². The number of phenols is 2. The Balaban J connectivity index is 1.82. The van der Waals surface area contributed by atoms with Crippen LogP contribution in [0.2, 0.25) is 0 Å². The van der Waals surface area contributed by atoms with Crippen molar-refractivity contribution >= 4 is 16.3 Å². The second-order valence-electron chi connectivity index (χ2n) is 5.31. The molecule has 3 aromatic rings. The lowest BCUT2D eigenvalue weighted by Gasteiger charge is -2.04. The van der Waals surface area contributed by atoms with Crippen molar-refractivity contribution in [2.75, 3.05) is 0 Å². The third kappa shape index (κ3) is 1.96. The third-order valence-corrected chi connectivity index (χ3v) is 4.91. The van der Waals surface area contributed by atoms with Gasteiger partial charge in [0.15, 0.2) is 22.3 Å². The Morgan fingerprint density at radius 2 is 1.95 bits per heavy atom. The van der Waals surface area contributed by atoms with Gasteiger partial charge in [0, 0.05) is 5.92 Å². The molecule has 2 aromatic heterocycles. The maximum atomic E-state index is 9.97. The first-order chi connectivity index (χ1) is 10.2. The maximum absolute atomic E-state index is 9.97. The van der Waals surface area contributed by atoms with Crippen LogP contribution in [0.4, 0.5) is 0 Å². The van der Waals surface area contributed by atoms with E-state index in [0.717, 1.165) is 23.6 Å². The Morgan fingerprint density at radius 3 is 2.76 bits per heavy atom. The molecular weight excluding hydrogens is 288 g/mol. The van der Waals surface area contributed by atoms with Crippen LogP contribution < -0.4 is 0 Å². The number of aromatic hydroxyl groups is 2. The predicted octanol–water partition coefficient (Wildman–Crippen LogP) is 2.92. The molecule has 1 aliphatic carbocycles. The molecule has 1 aliphatic rings. The van der Waals surface area contributed by atoms with E-state index in [-0.39, 0.29) is 11.5 Å². The lowest BCUT2D eigenvalue weighted by molar-refractivity contribution is 0.405. The van der Waals surface area contributed by atoms with E-state index < -0.39 is 0 Å². The van der Waals surface area contributed by atoms with Crippen LogP contribution in [0.1, 0.15) is 37.4 Å². The summed E-state index contributed by atoms with van der Waals surface area (Å²) in [6.45, 7) is 0. The van der Waals surface area contributed by atoms with E-state index in [1.165, 1.54) is 30.2 Å². The molecule has 1 aromatic carbocycles. The van der Waals surface area contributed by atoms with Gasteiger partial charge in [-0.15, -0.1) is 10.2 Å². The number of hydrogen-bond acceptors (Lipinski definition) is 6. The highest BCUT2D eigenvalue weighted by Crippen LogP contribution is 2.39. The van der Waals surface area contributed by atoms with Crippen LogP contribution in [0.15, 0.2) is 18.2 Å². The lowest BCUT2D eigenvalue weighted by Crippen LogP contribution is -2.01. The Morgan fingerprint density at radius 1 is 1.14 bits per heavy atom. The molecule has 0 spiro atoms. The van der Waals surface area contributed by atoms with Gasteiger partial charge >= 0.3 is 0 Å². The molecule has 4 rings (SSSR count). The molecule has 6 nitrogen and oxygen atoms in total. The summed E-state index contributed by atoms with van der Waals surface area (Å²) in [7, 11) is 0. The van der Waals surface area contributed by atoms with Gasteiger partial charge in [0.1, 0.15) is 0 Å². The summed E-state index contributed by atoms with van der Waals surface area (Å²) in [5.41, 5.74) is 0.517. The van der Waals surface area contributed by atoms with E-state index in [1.54, 1.807) is 16.6 Å². The number of nitrogens with zero attached hydrogens (tertiary/aromatic N) is 4. The predicted molar refractivity (Wildman–Crippen MR) is 78.6 cm³/mol. The second-order valence-corrected chi connectivity index (χ2v) is 6.27. The summed E-state index contributed by atoms with van der Waals surface area (Å²) in [6.07, 6.45) is 4.71. The van der Waals surface area contributed by atoms with Crippen LogP contribution in [0.25, 0.3) is 15.5 Å². The minimum absolute atomic E-state index is 0.144. The van der Waals surface area contributed by atoms with E-state index in [9.17, 15) is 10.2 Å². The molecular formula is C14H14N4O2S. The number of hydrogen-bond donors (Lipinski definition) is 2. The molecule has 1 fully saturated rings. The standard InChI is InChI=1S/C14H14N4O2S/c19-10-7-3-6-9(11(10)20)13-17-18-12(8-4-1-2-5-8)15-16-14(18)21-13/h3,6-8,19-20H,1-2,4-5H2. The minimum atomic E-state index is -0.148. The first-order valence-electron chi connectivity index (χ1n) is 6.97. The highest BCUT2D eigenvalue weighted by molar-refractivity contribution is 7.19. The first kappa shape index (κ1) is 12.6. The zero-order valence-corrected chi connectivity index (χ0v) is 12.0. The molecule has 7 heteroatoms. The molecule has 0 atom stereocenters. The Hall–Kier alpha value is -2.15. The Kier molecular flexibility index (Phi) is 2.81. The largest absolute Gasteiger partial charge is 0.504 e. The van der Waals surface area contributed by atoms with Gasteiger partial charge in [0.25, 0.3) is 0 Å². The molecule has 108 valence electrons. The number of para-hydroxylation sites is 1. The van der Waals surface area contributed by atoms with E-state index in [0.29, 0.717) is 16.5 Å². The van der Waals surface area contributed by atoms with Gasteiger partial charge in [-0.1, -0.05) is 30.2 Å². The van der Waals surface area contributed by atoms with E-state index in [4.69, 9.17) is 0 Å². The van der Waals surface area contributed by atoms with Crippen molar-refractivity contribution in [3.63, 3.8) is 0 Å². The summed E-state index contributed by atoms with van der Waals surface area (Å²) in [5, 5.41) is 33.2. The van der Waals surface area contributed by atoms with Crippen molar-refractivity contribution < 1.29 is 10.2 Å². The maximum Gasteiger partial charge on any atom is 0.234 e. The zero-order chi connectivity index (χ0) is 14.4. The van der Waals surface area contributed by atoms with Crippen LogP contribution in [0, 0.1) is 0 Å². The average molecular weight is 302 g/mol. The van der Waals surface area contributed by atoms with Gasteiger partial charge in [-0.05, 0) is 25.0 Å². The van der Waals surface area contributed by atoms with Gasteiger partial charge < -0.3 is 10.2 Å². The van der Waals surface area contributed by atoms with E-state index >= 15 is 0 Å². The molecule has 0 saturated heterocycles. The molecule has 21 heavy (non-hydrogen) atoms. The summed E-state index contributed by atoms with van der Waals surface area (Å²) in [4.78, 5) is 0.717. The number of fused-ring (bicyclic) bond motifs is 1. The van der Waals surface area contributed by atoms with Crippen molar-refractivity contribution in [3.05, 3.63) is 24.0 Å². The van der Waals surface area contributed by atoms with Crippen LogP contribution in [0.5, 0.6) is 11.5 Å². The highest BCUT2D eigenvalue weighted by Gasteiger charge is 2.24. The summed E-state index contributed by atoms with van der Waals surface area (Å²) in [5.74, 6) is 1.04. The van der Waals surface area contributed by atoms with Gasteiger partial charge in [-0.25, -0.2) is 0 Å². The van der Waals surface area contributed by atoms with Crippen molar-refractivity contribution in [3.8, 4) is 22.1 Å². The fourth-order valence-corrected chi connectivity index (χ4v) is 3.76. The van der Waals surface area contributed by atoms with E-state index in [1.807, 2.05) is 0 Å². The molecule has 2 heterocycles. The molecule has 2 N–H and O–H groups in total. The molecule has 0 radical (unpaired) electrons. The molecule has 0 aliphatic heterocycles. The first-order valence-corrected chi connectivity index (χ1v) is 7.79. The number of aromatic nitrogens is 4. The van der Waals surface area contributed by atoms with Gasteiger partial charge in [0.05, 0.1) is 5.56 Å². The SMILES string of the molecule is Oc1cccc(-c2nn3c(C4CCCC4)nnc3s2)c1O. The lowest BCUT2D eigenvalue weighted by atomic mass is 10.1. The number of phenolic OH excluding ortho intramolecular Hbond substituents is 2. The minimum Gasteiger partial charge on any atom is -0.504 e. The van der Waals surface area contributed by atoms with Crippen LogP contribution in [-0.4, -0.2) is 30.0 Å². The monoisotopic (exact) mass is 302 g/mol. The number of rotatable bonds is 2. The van der Waals surface area contributed by atoms with Crippen molar-refractivity contribution in [2.24, 2.45) is 0 Å². The van der Waals surface area contributed by atoms with Crippen molar-refractivity contribution in [2.45, 2.75) is 31.6 Å². The second kappa shape index (κ2) is 4.70. The molecule has 0 bridgehead atoms. The van der Waals surface area contributed by atoms with Gasteiger partial charge in [0.2, 0.25) is 4.96 Å². The molecule has 0 amide bonds. The summed E-state index contributed by atoms with van der Waals surface area (Å²) in [6, 6.07) is 4.86.